The monoisotopic (exact) mass is 346 g/mol. The van der Waals surface area contributed by atoms with Gasteiger partial charge in [0.05, 0.1) is 12.5 Å². The van der Waals surface area contributed by atoms with Crippen molar-refractivity contribution in [3.8, 4) is 0 Å². The Bertz CT molecular complexity index is 477. The fourth-order valence-electron chi connectivity index (χ4n) is 2.19. The number of thiophene rings is 1. The molecule has 0 spiro atoms. The first-order chi connectivity index (χ1) is 9.06. The average molecular weight is 347 g/mol. The highest BCUT2D eigenvalue weighted by molar-refractivity contribution is 9.10. The Kier molecular flexibility index (Phi) is 4.81. The Morgan fingerprint density at radius 1 is 1.47 bits per heavy atom. The van der Waals surface area contributed by atoms with Gasteiger partial charge in [-0.3, -0.25) is 4.79 Å². The highest BCUT2D eigenvalue weighted by Crippen LogP contribution is 2.25. The van der Waals surface area contributed by atoms with Crippen molar-refractivity contribution in [3.63, 3.8) is 0 Å². The zero-order valence-electron chi connectivity index (χ0n) is 10.2. The highest BCUT2D eigenvalue weighted by Gasteiger charge is 2.30. The standard InChI is InChI=1S/C12H15BrN2O3S/c13-9-3-4-19-10(9)6-14-12(18)15-8-2-1-7(5-8)11(16)17/h3-4,7-8H,1-2,5-6H2,(H,16,17)(H2,14,15,18)/t7-,8+/m1/s1. The van der Waals surface area contributed by atoms with E-state index in [0.29, 0.717) is 19.4 Å². The lowest BCUT2D eigenvalue weighted by Crippen LogP contribution is -2.40. The number of amides is 2. The van der Waals surface area contributed by atoms with Gasteiger partial charge in [0, 0.05) is 15.4 Å². The van der Waals surface area contributed by atoms with Gasteiger partial charge >= 0.3 is 12.0 Å². The van der Waals surface area contributed by atoms with E-state index in [9.17, 15) is 9.59 Å². The zero-order chi connectivity index (χ0) is 13.8. The largest absolute Gasteiger partial charge is 0.481 e. The van der Waals surface area contributed by atoms with Crippen LogP contribution in [0.1, 0.15) is 24.1 Å². The number of urea groups is 1. The Balaban J connectivity index is 1.73. The van der Waals surface area contributed by atoms with Gasteiger partial charge < -0.3 is 15.7 Å². The summed E-state index contributed by atoms with van der Waals surface area (Å²) >= 11 is 4.97. The summed E-state index contributed by atoms with van der Waals surface area (Å²) in [5.41, 5.74) is 0. The number of carboxylic acids is 1. The summed E-state index contributed by atoms with van der Waals surface area (Å²) in [7, 11) is 0. The molecule has 1 aliphatic carbocycles. The topological polar surface area (TPSA) is 78.4 Å². The van der Waals surface area contributed by atoms with Crippen LogP contribution in [0.15, 0.2) is 15.9 Å². The van der Waals surface area contributed by atoms with Crippen LogP contribution in [0.4, 0.5) is 4.79 Å². The number of nitrogens with one attached hydrogen (secondary N) is 2. The lowest BCUT2D eigenvalue weighted by atomic mass is 10.1. The van der Waals surface area contributed by atoms with Crippen molar-refractivity contribution >= 4 is 39.3 Å². The number of rotatable bonds is 4. The molecule has 1 heterocycles. The molecule has 1 saturated carbocycles. The van der Waals surface area contributed by atoms with E-state index in [-0.39, 0.29) is 18.0 Å². The first-order valence-corrected chi connectivity index (χ1v) is 7.72. The SMILES string of the molecule is O=C(NCc1sccc1Br)N[C@H]1CC[C@@H](C(=O)O)C1. The predicted molar refractivity (Wildman–Crippen MR) is 76.2 cm³/mol. The molecule has 0 radical (unpaired) electrons. The summed E-state index contributed by atoms with van der Waals surface area (Å²) in [6.45, 7) is 0.471. The third-order valence-electron chi connectivity index (χ3n) is 3.22. The molecule has 3 N–H and O–H groups in total. The number of hydrogen-bond acceptors (Lipinski definition) is 3. The molecule has 0 unspecified atom stereocenters. The molecule has 0 aromatic carbocycles. The van der Waals surface area contributed by atoms with E-state index >= 15 is 0 Å². The summed E-state index contributed by atoms with van der Waals surface area (Å²) in [5.74, 6) is -1.09. The van der Waals surface area contributed by atoms with Gasteiger partial charge in [-0.05, 0) is 46.6 Å². The summed E-state index contributed by atoms with van der Waals surface area (Å²) < 4.78 is 0.990. The van der Waals surface area contributed by atoms with Crippen molar-refractivity contribution in [2.45, 2.75) is 31.8 Å². The second kappa shape index (κ2) is 6.38. The van der Waals surface area contributed by atoms with Crippen molar-refractivity contribution in [1.82, 2.24) is 10.6 Å². The number of carboxylic acid groups (broad SMARTS) is 1. The van der Waals surface area contributed by atoms with Gasteiger partial charge in [0.1, 0.15) is 0 Å². The lowest BCUT2D eigenvalue weighted by molar-refractivity contribution is -0.141. The maximum atomic E-state index is 11.7. The minimum absolute atomic E-state index is 0.0344. The predicted octanol–water partition coefficient (Wildman–Crippen LogP) is 2.56. The first-order valence-electron chi connectivity index (χ1n) is 6.05. The molecule has 1 aliphatic rings. The molecule has 0 bridgehead atoms. The van der Waals surface area contributed by atoms with Gasteiger partial charge in [-0.15, -0.1) is 11.3 Å². The molecule has 1 aromatic rings. The van der Waals surface area contributed by atoms with E-state index in [2.05, 4.69) is 26.6 Å². The second-order valence-electron chi connectivity index (χ2n) is 4.56. The number of hydrogen-bond donors (Lipinski definition) is 3. The van der Waals surface area contributed by atoms with Crippen molar-refractivity contribution in [2.75, 3.05) is 0 Å². The number of aliphatic carboxylic acids is 1. The average Bonchev–Trinajstić information content (AvgIpc) is 2.96. The van der Waals surface area contributed by atoms with Crippen LogP contribution in [0.3, 0.4) is 0 Å². The highest BCUT2D eigenvalue weighted by atomic mass is 79.9. The quantitative estimate of drug-likeness (QED) is 0.783. The minimum Gasteiger partial charge on any atom is -0.481 e. The van der Waals surface area contributed by atoms with Crippen LogP contribution >= 0.6 is 27.3 Å². The number of carbonyl (C=O) groups excluding carboxylic acids is 1. The molecule has 0 saturated heterocycles. The normalized spacial score (nSPS) is 22.2. The maximum Gasteiger partial charge on any atom is 0.315 e. The number of halogens is 1. The van der Waals surface area contributed by atoms with Crippen molar-refractivity contribution in [1.29, 1.82) is 0 Å². The maximum absolute atomic E-state index is 11.7. The summed E-state index contributed by atoms with van der Waals surface area (Å²) in [4.78, 5) is 23.6. The molecule has 0 aliphatic heterocycles. The van der Waals surface area contributed by atoms with Crippen LogP contribution in [0, 0.1) is 5.92 Å². The second-order valence-corrected chi connectivity index (χ2v) is 6.42. The molecule has 1 fully saturated rings. The van der Waals surface area contributed by atoms with Crippen molar-refractivity contribution in [2.24, 2.45) is 5.92 Å². The summed E-state index contributed by atoms with van der Waals surface area (Å²) in [6, 6.07) is 1.66. The molecule has 2 amide bonds. The Morgan fingerprint density at radius 3 is 2.84 bits per heavy atom. The summed E-state index contributed by atoms with van der Waals surface area (Å²) in [6.07, 6.45) is 1.88. The molecule has 104 valence electrons. The van der Waals surface area contributed by atoms with Crippen LogP contribution in [0.5, 0.6) is 0 Å². The van der Waals surface area contributed by atoms with Crippen molar-refractivity contribution in [3.05, 3.63) is 20.8 Å². The van der Waals surface area contributed by atoms with Crippen LogP contribution in [0.2, 0.25) is 0 Å². The Hall–Kier alpha value is -1.08. The van der Waals surface area contributed by atoms with E-state index in [4.69, 9.17) is 5.11 Å². The van der Waals surface area contributed by atoms with Crippen LogP contribution in [-0.2, 0) is 11.3 Å². The fraction of sp³-hybridized carbons (Fsp3) is 0.500. The fourth-order valence-corrected chi connectivity index (χ4v) is 3.62. The van der Waals surface area contributed by atoms with Gasteiger partial charge in [-0.25, -0.2) is 4.79 Å². The van der Waals surface area contributed by atoms with Gasteiger partial charge in [-0.1, -0.05) is 0 Å². The van der Waals surface area contributed by atoms with E-state index < -0.39 is 5.97 Å². The molecular weight excluding hydrogens is 332 g/mol. The molecule has 2 rings (SSSR count). The smallest absolute Gasteiger partial charge is 0.315 e. The third-order valence-corrected chi connectivity index (χ3v) is 5.14. The first kappa shape index (κ1) is 14.3. The third kappa shape index (κ3) is 3.94. The number of carbonyl (C=O) groups is 2. The molecule has 5 nitrogen and oxygen atoms in total. The zero-order valence-corrected chi connectivity index (χ0v) is 12.6. The van der Waals surface area contributed by atoms with E-state index in [1.165, 1.54) is 0 Å². The van der Waals surface area contributed by atoms with Gasteiger partial charge in [0.25, 0.3) is 0 Å². The van der Waals surface area contributed by atoms with Crippen LogP contribution in [-0.4, -0.2) is 23.1 Å². The van der Waals surface area contributed by atoms with Crippen molar-refractivity contribution < 1.29 is 14.7 Å². The lowest BCUT2D eigenvalue weighted by Gasteiger charge is -2.13. The van der Waals surface area contributed by atoms with E-state index in [0.717, 1.165) is 15.8 Å². The molecule has 7 heteroatoms. The van der Waals surface area contributed by atoms with Gasteiger partial charge in [-0.2, -0.15) is 0 Å². The Morgan fingerprint density at radius 2 is 2.26 bits per heavy atom. The Labute approximate surface area is 123 Å². The summed E-state index contributed by atoms with van der Waals surface area (Å²) in [5, 5.41) is 16.4. The molecule has 2 atom stereocenters. The van der Waals surface area contributed by atoms with Gasteiger partial charge in [0.2, 0.25) is 0 Å². The van der Waals surface area contributed by atoms with Crippen LogP contribution in [0.25, 0.3) is 0 Å². The van der Waals surface area contributed by atoms with Crippen LogP contribution < -0.4 is 10.6 Å². The molecule has 19 heavy (non-hydrogen) atoms. The molecular formula is C12H15BrN2O3S. The van der Waals surface area contributed by atoms with E-state index in [1.54, 1.807) is 11.3 Å². The molecule has 1 aromatic heterocycles. The van der Waals surface area contributed by atoms with E-state index in [1.807, 2.05) is 11.4 Å². The van der Waals surface area contributed by atoms with Gasteiger partial charge in [0.15, 0.2) is 0 Å². The minimum atomic E-state index is -0.771.